The molecular formula is C65H125NO5. The average molecular weight is 1000 g/mol. The van der Waals surface area contributed by atoms with E-state index in [0.29, 0.717) is 25.9 Å². The van der Waals surface area contributed by atoms with Crippen molar-refractivity contribution in [1.29, 1.82) is 0 Å². The SMILES string of the molecule is CCCCCCC/C=C\CCCCCCCC(=O)OCCCCCCCCCCCC/C=C\CCCCCCCCCC(=O)NC(CO)C(O)CCCCCCCCCCCCCCCCCCCCC. The predicted molar refractivity (Wildman–Crippen MR) is 310 cm³/mol. The van der Waals surface area contributed by atoms with E-state index in [-0.39, 0.29) is 18.5 Å². The minimum absolute atomic E-state index is 0.000257. The molecule has 0 spiro atoms. The highest BCUT2D eigenvalue weighted by molar-refractivity contribution is 5.76. The normalized spacial score (nSPS) is 12.7. The zero-order valence-electron chi connectivity index (χ0n) is 48.0. The molecule has 0 aliphatic heterocycles. The highest BCUT2D eigenvalue weighted by Crippen LogP contribution is 2.18. The first kappa shape index (κ1) is 69.3. The van der Waals surface area contributed by atoms with Crippen LogP contribution in [0, 0.1) is 0 Å². The van der Waals surface area contributed by atoms with Crippen LogP contribution >= 0.6 is 0 Å². The maximum atomic E-state index is 12.5. The molecule has 0 fully saturated rings. The molecule has 0 radical (unpaired) electrons. The molecule has 0 aliphatic rings. The third-order valence-corrected chi connectivity index (χ3v) is 15.0. The van der Waals surface area contributed by atoms with Gasteiger partial charge in [0.15, 0.2) is 0 Å². The third-order valence-electron chi connectivity index (χ3n) is 15.0. The minimum Gasteiger partial charge on any atom is -0.466 e. The van der Waals surface area contributed by atoms with Crippen molar-refractivity contribution in [3.05, 3.63) is 24.3 Å². The number of amides is 1. The topological polar surface area (TPSA) is 95.9 Å². The van der Waals surface area contributed by atoms with Crippen LogP contribution in [0.3, 0.4) is 0 Å². The lowest BCUT2D eigenvalue weighted by Gasteiger charge is -2.22. The number of nitrogens with one attached hydrogen (secondary N) is 1. The molecular weight excluding hydrogens is 875 g/mol. The van der Waals surface area contributed by atoms with Crippen molar-refractivity contribution in [3.63, 3.8) is 0 Å². The van der Waals surface area contributed by atoms with Crippen LogP contribution in [0.5, 0.6) is 0 Å². The van der Waals surface area contributed by atoms with E-state index >= 15 is 0 Å². The quantitative estimate of drug-likeness (QED) is 0.0320. The Balaban J connectivity index is 3.43. The monoisotopic (exact) mass is 1000 g/mol. The van der Waals surface area contributed by atoms with Crippen LogP contribution < -0.4 is 5.32 Å². The van der Waals surface area contributed by atoms with Gasteiger partial charge in [0.1, 0.15) is 0 Å². The molecule has 0 aromatic rings. The number of hydrogen-bond acceptors (Lipinski definition) is 5. The molecule has 1 amide bonds. The van der Waals surface area contributed by atoms with Gasteiger partial charge in [-0.2, -0.15) is 0 Å². The molecule has 2 atom stereocenters. The average Bonchev–Trinajstić information content (AvgIpc) is 3.37. The fraction of sp³-hybridized carbons (Fsp3) is 0.908. The molecule has 0 bridgehead atoms. The molecule has 6 heteroatoms. The van der Waals surface area contributed by atoms with Crippen molar-refractivity contribution in [1.82, 2.24) is 5.32 Å². The van der Waals surface area contributed by atoms with Crippen molar-refractivity contribution >= 4 is 11.9 Å². The zero-order chi connectivity index (χ0) is 51.4. The Morgan fingerprint density at radius 2 is 0.662 bits per heavy atom. The predicted octanol–water partition coefficient (Wildman–Crippen LogP) is 20.2. The van der Waals surface area contributed by atoms with Crippen molar-refractivity contribution < 1.29 is 24.5 Å². The van der Waals surface area contributed by atoms with Crippen LogP contribution in [0.2, 0.25) is 0 Å². The summed E-state index contributed by atoms with van der Waals surface area (Å²) in [5.74, 6) is -0.0395. The largest absolute Gasteiger partial charge is 0.466 e. The first-order valence-electron chi connectivity index (χ1n) is 32.1. The van der Waals surface area contributed by atoms with Crippen molar-refractivity contribution in [2.24, 2.45) is 0 Å². The van der Waals surface area contributed by atoms with Crippen LogP contribution in [-0.4, -0.2) is 47.4 Å². The van der Waals surface area contributed by atoms with Gasteiger partial charge in [0.2, 0.25) is 5.91 Å². The van der Waals surface area contributed by atoms with Gasteiger partial charge in [0.25, 0.3) is 0 Å². The lowest BCUT2D eigenvalue weighted by molar-refractivity contribution is -0.143. The number of rotatable bonds is 60. The Hall–Kier alpha value is -1.66. The van der Waals surface area contributed by atoms with E-state index in [2.05, 4.69) is 43.5 Å². The molecule has 0 heterocycles. The number of aliphatic hydroxyl groups is 2. The number of hydrogen-bond donors (Lipinski definition) is 3. The van der Waals surface area contributed by atoms with Crippen LogP contribution in [0.25, 0.3) is 0 Å². The van der Waals surface area contributed by atoms with E-state index in [4.69, 9.17) is 4.74 Å². The van der Waals surface area contributed by atoms with E-state index in [1.54, 1.807) is 0 Å². The van der Waals surface area contributed by atoms with Gasteiger partial charge in [-0.1, -0.05) is 289 Å². The van der Waals surface area contributed by atoms with Crippen molar-refractivity contribution in [3.8, 4) is 0 Å². The van der Waals surface area contributed by atoms with Gasteiger partial charge in [0.05, 0.1) is 25.4 Å². The van der Waals surface area contributed by atoms with Gasteiger partial charge in [-0.15, -0.1) is 0 Å². The number of allylic oxidation sites excluding steroid dienone is 4. The first-order valence-corrected chi connectivity index (χ1v) is 32.1. The summed E-state index contributed by atoms with van der Waals surface area (Å²) in [4.78, 5) is 24.6. The van der Waals surface area contributed by atoms with Gasteiger partial charge < -0.3 is 20.3 Å². The molecule has 0 aromatic heterocycles. The summed E-state index contributed by atoms with van der Waals surface area (Å²) in [6.45, 7) is 4.96. The lowest BCUT2D eigenvalue weighted by Crippen LogP contribution is -2.45. The molecule has 6 nitrogen and oxygen atoms in total. The van der Waals surface area contributed by atoms with Gasteiger partial charge >= 0.3 is 5.97 Å². The maximum Gasteiger partial charge on any atom is 0.305 e. The Kier molecular flexibility index (Phi) is 59.5. The van der Waals surface area contributed by atoms with E-state index in [0.717, 1.165) is 44.9 Å². The Morgan fingerprint density at radius 1 is 0.380 bits per heavy atom. The van der Waals surface area contributed by atoms with Crippen molar-refractivity contribution in [2.45, 2.75) is 366 Å². The summed E-state index contributed by atoms with van der Waals surface area (Å²) in [6, 6.07) is -0.548. The zero-order valence-corrected chi connectivity index (χ0v) is 48.0. The number of unbranched alkanes of at least 4 members (excludes halogenated alkanes) is 45. The van der Waals surface area contributed by atoms with Crippen LogP contribution in [0.15, 0.2) is 24.3 Å². The Bertz CT molecular complexity index is 1110. The highest BCUT2D eigenvalue weighted by atomic mass is 16.5. The second-order valence-electron chi connectivity index (χ2n) is 22.1. The lowest BCUT2D eigenvalue weighted by atomic mass is 10.0. The Morgan fingerprint density at radius 3 is 1.00 bits per heavy atom. The summed E-state index contributed by atoms with van der Waals surface area (Å²) in [5.41, 5.74) is 0. The summed E-state index contributed by atoms with van der Waals surface area (Å²) in [6.07, 6.45) is 74.7. The summed E-state index contributed by atoms with van der Waals surface area (Å²) in [5, 5.41) is 23.4. The number of carbonyl (C=O) groups excluding carboxylic acids is 2. The number of esters is 1. The van der Waals surface area contributed by atoms with Crippen molar-refractivity contribution in [2.75, 3.05) is 13.2 Å². The third kappa shape index (κ3) is 57.5. The van der Waals surface area contributed by atoms with E-state index in [1.807, 2.05) is 0 Å². The smallest absolute Gasteiger partial charge is 0.305 e. The van der Waals surface area contributed by atoms with Crippen LogP contribution in [0.4, 0.5) is 0 Å². The molecule has 420 valence electrons. The van der Waals surface area contributed by atoms with Gasteiger partial charge in [-0.3, -0.25) is 9.59 Å². The maximum absolute atomic E-state index is 12.5. The van der Waals surface area contributed by atoms with Gasteiger partial charge in [-0.05, 0) is 77.0 Å². The fourth-order valence-corrected chi connectivity index (χ4v) is 10.0. The van der Waals surface area contributed by atoms with E-state index < -0.39 is 12.1 Å². The van der Waals surface area contributed by atoms with Crippen LogP contribution in [-0.2, 0) is 14.3 Å². The molecule has 0 aliphatic carbocycles. The number of ether oxygens (including phenoxy) is 1. The summed E-state index contributed by atoms with van der Waals surface area (Å²) in [7, 11) is 0. The molecule has 0 saturated carbocycles. The second-order valence-corrected chi connectivity index (χ2v) is 22.1. The number of aliphatic hydroxyl groups excluding tert-OH is 2. The summed E-state index contributed by atoms with van der Waals surface area (Å²) < 4.78 is 5.48. The van der Waals surface area contributed by atoms with Gasteiger partial charge in [-0.25, -0.2) is 0 Å². The van der Waals surface area contributed by atoms with E-state index in [1.165, 1.54) is 276 Å². The van der Waals surface area contributed by atoms with E-state index in [9.17, 15) is 19.8 Å². The molecule has 0 aromatic carbocycles. The fourth-order valence-electron chi connectivity index (χ4n) is 10.0. The highest BCUT2D eigenvalue weighted by Gasteiger charge is 2.20. The molecule has 0 rings (SSSR count). The first-order chi connectivity index (χ1) is 35.0. The van der Waals surface area contributed by atoms with Gasteiger partial charge in [0, 0.05) is 12.8 Å². The molecule has 2 unspecified atom stereocenters. The molecule has 71 heavy (non-hydrogen) atoms. The second kappa shape index (κ2) is 60.9. The summed E-state index contributed by atoms with van der Waals surface area (Å²) >= 11 is 0. The minimum atomic E-state index is -0.670. The molecule has 0 saturated heterocycles. The standard InChI is InChI=1S/C65H125NO5/c1-3-5-7-9-11-13-15-17-19-20-24-27-30-33-37-41-45-49-53-57-63(68)62(61-67)66-64(69)58-54-50-46-42-38-34-31-28-25-22-21-23-26-29-32-36-40-44-48-52-56-60-71-65(70)59-55-51-47-43-39-35-18-16-14-12-10-8-6-4-2/h16,18,22,25,62-63,67-68H,3-15,17,19-21,23-24,26-61H2,1-2H3,(H,66,69)/b18-16-,25-22-. The number of carbonyl (C=O) groups is 2. The van der Waals surface area contributed by atoms with Crippen LogP contribution in [0.1, 0.15) is 354 Å². The molecule has 3 N–H and O–H groups in total. The Labute approximate surface area is 443 Å².